The molecule has 0 spiro atoms. The second-order valence-corrected chi connectivity index (χ2v) is 7.15. The van der Waals surface area contributed by atoms with Gasteiger partial charge in [0.15, 0.2) is 5.75 Å². The van der Waals surface area contributed by atoms with Gasteiger partial charge in [0.05, 0.1) is 12.6 Å². The number of fused-ring (bicyclic) bond motifs is 3. The summed E-state index contributed by atoms with van der Waals surface area (Å²) < 4.78 is 19.4. The molecule has 2 heterocycles. The lowest BCUT2D eigenvalue weighted by atomic mass is 9.98. The van der Waals surface area contributed by atoms with Crippen LogP contribution in [0.15, 0.2) is 57.8 Å². The second-order valence-electron chi connectivity index (χ2n) is 6.23. The van der Waals surface area contributed by atoms with E-state index < -0.39 is 0 Å². The Kier molecular flexibility index (Phi) is 4.66. The van der Waals surface area contributed by atoms with E-state index in [1.54, 1.807) is 18.7 Å². The zero-order chi connectivity index (χ0) is 19.0. The molecule has 0 unspecified atom stereocenters. The lowest BCUT2D eigenvalue weighted by molar-refractivity contribution is 0.338. The molecule has 3 aromatic rings. The first-order valence-corrected chi connectivity index (χ1v) is 9.29. The molecule has 4 rings (SSSR count). The highest BCUT2D eigenvalue weighted by molar-refractivity contribution is 9.10. The summed E-state index contributed by atoms with van der Waals surface area (Å²) in [5, 5.41) is 0.950. The largest absolute Gasteiger partial charge is 0.497 e. The topological polar surface area (TPSA) is 49.7 Å². The third-order valence-corrected chi connectivity index (χ3v) is 5.14. The quantitative estimate of drug-likeness (QED) is 0.626. The first-order chi connectivity index (χ1) is 13.1. The minimum absolute atomic E-state index is 0.144. The van der Waals surface area contributed by atoms with Gasteiger partial charge in [0.1, 0.15) is 24.7 Å². The van der Waals surface area contributed by atoms with Gasteiger partial charge in [0.25, 0.3) is 5.56 Å². The second kappa shape index (κ2) is 7.12. The zero-order valence-corrected chi connectivity index (χ0v) is 16.6. The van der Waals surface area contributed by atoms with E-state index in [2.05, 4.69) is 15.9 Å². The van der Waals surface area contributed by atoms with Crippen molar-refractivity contribution in [3.05, 3.63) is 68.9 Å². The Labute approximate surface area is 164 Å². The molecule has 0 fully saturated rings. The normalized spacial score (nSPS) is 12.9. The minimum atomic E-state index is -0.144. The summed E-state index contributed by atoms with van der Waals surface area (Å²) in [5.41, 5.74) is 2.44. The Morgan fingerprint density at radius 2 is 1.89 bits per heavy atom. The highest BCUT2D eigenvalue weighted by atomic mass is 79.9. The number of ether oxygens (including phenoxy) is 3. The number of methoxy groups -OCH3 is 1. The van der Waals surface area contributed by atoms with Crippen LogP contribution in [0.1, 0.15) is 5.56 Å². The van der Waals surface area contributed by atoms with Gasteiger partial charge in [-0.15, -0.1) is 0 Å². The van der Waals surface area contributed by atoms with Crippen molar-refractivity contribution >= 4 is 32.4 Å². The van der Waals surface area contributed by atoms with Crippen molar-refractivity contribution in [3.8, 4) is 17.2 Å². The van der Waals surface area contributed by atoms with Crippen molar-refractivity contribution in [2.75, 3.05) is 20.3 Å². The van der Waals surface area contributed by atoms with Gasteiger partial charge in [-0.05, 0) is 48.5 Å². The van der Waals surface area contributed by atoms with Crippen molar-refractivity contribution in [1.82, 2.24) is 4.57 Å². The molecule has 2 aromatic carbocycles. The summed E-state index contributed by atoms with van der Waals surface area (Å²) in [6, 6.07) is 13.3. The van der Waals surface area contributed by atoms with Crippen LogP contribution in [0.3, 0.4) is 0 Å². The average Bonchev–Trinajstić information content (AvgIpc) is 2.70. The van der Waals surface area contributed by atoms with E-state index in [4.69, 9.17) is 14.2 Å². The van der Waals surface area contributed by atoms with Gasteiger partial charge < -0.3 is 18.8 Å². The third-order valence-electron chi connectivity index (χ3n) is 4.65. The van der Waals surface area contributed by atoms with Crippen LogP contribution in [0, 0.1) is 0 Å². The van der Waals surface area contributed by atoms with Crippen LogP contribution in [-0.2, 0) is 7.05 Å². The number of aromatic nitrogens is 1. The molecule has 0 amide bonds. The van der Waals surface area contributed by atoms with E-state index in [1.165, 1.54) is 0 Å². The van der Waals surface area contributed by atoms with Gasteiger partial charge >= 0.3 is 0 Å². The number of rotatable bonds is 4. The SMILES string of the molecule is COc1ccc(OCC2=CCOc3c2c2cc(Br)ccc2n(C)c3=O)cc1. The van der Waals surface area contributed by atoms with E-state index in [-0.39, 0.29) is 5.56 Å². The monoisotopic (exact) mass is 427 g/mol. The number of hydrogen-bond acceptors (Lipinski definition) is 4. The van der Waals surface area contributed by atoms with Crippen molar-refractivity contribution in [2.45, 2.75) is 0 Å². The number of nitrogens with zero attached hydrogens (tertiary/aromatic N) is 1. The van der Waals surface area contributed by atoms with E-state index >= 15 is 0 Å². The third kappa shape index (κ3) is 3.21. The van der Waals surface area contributed by atoms with Crippen LogP contribution in [0.25, 0.3) is 16.5 Å². The van der Waals surface area contributed by atoms with Crippen LogP contribution < -0.4 is 19.8 Å². The van der Waals surface area contributed by atoms with Crippen LogP contribution in [0.5, 0.6) is 17.2 Å². The highest BCUT2D eigenvalue weighted by Crippen LogP contribution is 2.35. The fraction of sp³-hybridized carbons (Fsp3) is 0.190. The molecule has 0 aliphatic carbocycles. The van der Waals surface area contributed by atoms with E-state index in [9.17, 15) is 4.79 Å². The first kappa shape index (κ1) is 17.7. The first-order valence-electron chi connectivity index (χ1n) is 8.50. The molecule has 1 aliphatic heterocycles. The smallest absolute Gasteiger partial charge is 0.293 e. The summed E-state index contributed by atoms with van der Waals surface area (Å²) in [4.78, 5) is 12.7. The van der Waals surface area contributed by atoms with Gasteiger partial charge in [-0.1, -0.05) is 15.9 Å². The zero-order valence-electron chi connectivity index (χ0n) is 15.0. The molecule has 138 valence electrons. The molecule has 27 heavy (non-hydrogen) atoms. The van der Waals surface area contributed by atoms with Crippen molar-refractivity contribution < 1.29 is 14.2 Å². The summed E-state index contributed by atoms with van der Waals surface area (Å²) in [5.74, 6) is 1.88. The number of hydrogen-bond donors (Lipinski definition) is 0. The van der Waals surface area contributed by atoms with Crippen molar-refractivity contribution in [1.29, 1.82) is 0 Å². The Morgan fingerprint density at radius 3 is 2.63 bits per heavy atom. The van der Waals surface area contributed by atoms with E-state index in [0.29, 0.717) is 19.0 Å². The minimum Gasteiger partial charge on any atom is -0.497 e. The Hall–Kier alpha value is -2.73. The summed E-state index contributed by atoms with van der Waals surface area (Å²) in [6.45, 7) is 0.695. The van der Waals surface area contributed by atoms with Gasteiger partial charge in [0.2, 0.25) is 0 Å². The summed E-state index contributed by atoms with van der Waals surface area (Å²) in [7, 11) is 3.39. The summed E-state index contributed by atoms with van der Waals surface area (Å²) in [6.07, 6.45) is 1.96. The van der Waals surface area contributed by atoms with Crippen LogP contribution in [0.4, 0.5) is 0 Å². The Bertz CT molecular complexity index is 1100. The molecule has 5 nitrogen and oxygen atoms in total. The molecule has 1 aromatic heterocycles. The molecule has 6 heteroatoms. The maximum absolute atomic E-state index is 12.7. The number of benzene rings is 2. The standard InChI is InChI=1S/C21H18BrNO4/c1-23-18-8-3-14(22)11-17(18)19-13(9-10-26-20(19)21(23)24)12-27-16-6-4-15(25-2)5-7-16/h3-9,11H,10,12H2,1-2H3. The fourth-order valence-electron chi connectivity index (χ4n) is 3.24. The Balaban J connectivity index is 1.75. The molecule has 0 saturated heterocycles. The van der Waals surface area contributed by atoms with Gasteiger partial charge in [-0.2, -0.15) is 0 Å². The Morgan fingerprint density at radius 1 is 1.15 bits per heavy atom. The van der Waals surface area contributed by atoms with Gasteiger partial charge in [0, 0.05) is 28.0 Å². The molecule has 0 saturated carbocycles. The van der Waals surface area contributed by atoms with Gasteiger partial charge in [-0.25, -0.2) is 0 Å². The van der Waals surface area contributed by atoms with Crippen LogP contribution >= 0.6 is 15.9 Å². The number of pyridine rings is 1. The van der Waals surface area contributed by atoms with E-state index in [0.717, 1.165) is 38.0 Å². The maximum atomic E-state index is 12.7. The molecular formula is C21H18BrNO4. The maximum Gasteiger partial charge on any atom is 0.293 e. The van der Waals surface area contributed by atoms with Crippen LogP contribution in [-0.4, -0.2) is 24.9 Å². The predicted octanol–water partition coefficient (Wildman–Crippen LogP) is 4.16. The lowest BCUT2D eigenvalue weighted by Crippen LogP contribution is -2.24. The van der Waals surface area contributed by atoms with Crippen molar-refractivity contribution in [3.63, 3.8) is 0 Å². The average molecular weight is 428 g/mol. The number of halogens is 1. The van der Waals surface area contributed by atoms with E-state index in [1.807, 2.05) is 48.5 Å². The van der Waals surface area contributed by atoms with Crippen LogP contribution in [0.2, 0.25) is 0 Å². The molecule has 0 atom stereocenters. The predicted molar refractivity (Wildman–Crippen MR) is 109 cm³/mol. The molecule has 0 N–H and O–H groups in total. The van der Waals surface area contributed by atoms with Crippen molar-refractivity contribution in [2.24, 2.45) is 7.05 Å². The molecular weight excluding hydrogens is 410 g/mol. The molecule has 0 bridgehead atoms. The highest BCUT2D eigenvalue weighted by Gasteiger charge is 2.23. The summed E-state index contributed by atoms with van der Waals surface area (Å²) >= 11 is 3.52. The van der Waals surface area contributed by atoms with Gasteiger partial charge in [-0.3, -0.25) is 4.79 Å². The molecule has 0 radical (unpaired) electrons. The molecule has 1 aliphatic rings. The lowest BCUT2D eigenvalue weighted by Gasteiger charge is -2.22. The fourth-order valence-corrected chi connectivity index (χ4v) is 3.60. The number of aryl methyl sites for hydroxylation is 1.